The number of carbonyl (C=O) groups excluding carboxylic acids is 1. The molecule has 21 heavy (non-hydrogen) atoms. The first-order valence-electron chi connectivity index (χ1n) is 7.15. The van der Waals surface area contributed by atoms with Gasteiger partial charge in [-0.2, -0.15) is 15.0 Å². The van der Waals surface area contributed by atoms with Crippen molar-refractivity contribution >= 4 is 23.9 Å². The van der Waals surface area contributed by atoms with Crippen LogP contribution in [0, 0.1) is 0 Å². The lowest BCUT2D eigenvalue weighted by molar-refractivity contribution is 0.249. The molecule has 0 spiro atoms. The fourth-order valence-electron chi connectivity index (χ4n) is 2.15. The number of aromatic nitrogens is 3. The summed E-state index contributed by atoms with van der Waals surface area (Å²) >= 11 is 0. The van der Waals surface area contributed by atoms with Crippen molar-refractivity contribution in [2.24, 2.45) is 5.73 Å². The number of amides is 2. The number of hydrogen-bond acceptors (Lipinski definition) is 7. The Morgan fingerprint density at radius 3 is 2.52 bits per heavy atom. The van der Waals surface area contributed by atoms with Crippen molar-refractivity contribution in [3.8, 4) is 0 Å². The van der Waals surface area contributed by atoms with Gasteiger partial charge in [0.15, 0.2) is 0 Å². The first kappa shape index (κ1) is 15.1. The van der Waals surface area contributed by atoms with E-state index in [4.69, 9.17) is 5.73 Å². The van der Waals surface area contributed by atoms with Crippen LogP contribution in [0.2, 0.25) is 0 Å². The van der Waals surface area contributed by atoms with Crippen LogP contribution in [0.25, 0.3) is 0 Å². The minimum atomic E-state index is -0.544. The highest BCUT2D eigenvalue weighted by Crippen LogP contribution is 2.18. The zero-order valence-electron chi connectivity index (χ0n) is 12.2. The first-order valence-corrected chi connectivity index (χ1v) is 7.15. The summed E-state index contributed by atoms with van der Waals surface area (Å²) in [6, 6.07) is -0.544. The normalized spacial score (nSPS) is 14.6. The number of nitrogens with two attached hydrogens (primary N) is 1. The summed E-state index contributed by atoms with van der Waals surface area (Å²) in [4.78, 5) is 25.8. The molecule has 2 amide bonds. The molecule has 0 saturated carbocycles. The van der Waals surface area contributed by atoms with Gasteiger partial charge in [0.1, 0.15) is 0 Å². The third-order valence-electron chi connectivity index (χ3n) is 3.19. The Morgan fingerprint density at radius 1 is 1.14 bits per heavy atom. The van der Waals surface area contributed by atoms with Crippen molar-refractivity contribution in [3.63, 3.8) is 0 Å². The molecule has 2 heterocycles. The topological polar surface area (TPSA) is 121 Å². The van der Waals surface area contributed by atoms with E-state index in [-0.39, 0.29) is 0 Å². The van der Waals surface area contributed by atoms with Crippen molar-refractivity contribution in [1.29, 1.82) is 0 Å². The van der Waals surface area contributed by atoms with E-state index in [1.54, 1.807) is 7.05 Å². The molecule has 1 aliphatic rings. The molecule has 1 aliphatic heterocycles. The van der Waals surface area contributed by atoms with Gasteiger partial charge in [0.2, 0.25) is 17.8 Å². The largest absolute Gasteiger partial charge is 0.357 e. The molecule has 116 valence electrons. The summed E-state index contributed by atoms with van der Waals surface area (Å²) in [5, 5.41) is 8.49. The molecule has 1 aromatic rings. The highest BCUT2D eigenvalue weighted by Gasteiger charge is 2.15. The van der Waals surface area contributed by atoms with E-state index in [2.05, 4.69) is 35.8 Å². The Bertz CT molecular complexity index is 474. The highest BCUT2D eigenvalue weighted by molar-refractivity contribution is 5.71. The molecule has 9 nitrogen and oxygen atoms in total. The number of primary amides is 1. The molecule has 1 aromatic heterocycles. The van der Waals surface area contributed by atoms with Gasteiger partial charge in [-0.05, 0) is 19.3 Å². The fourth-order valence-corrected chi connectivity index (χ4v) is 2.15. The molecule has 2 rings (SSSR count). The molecule has 0 atom stereocenters. The van der Waals surface area contributed by atoms with Gasteiger partial charge in [-0.15, -0.1) is 0 Å². The summed E-state index contributed by atoms with van der Waals surface area (Å²) in [5.74, 6) is 1.69. The molecule has 0 aliphatic carbocycles. The predicted octanol–water partition coefficient (Wildman–Crippen LogP) is -0.0162. The van der Waals surface area contributed by atoms with Crippen LogP contribution in [0.4, 0.5) is 22.6 Å². The third kappa shape index (κ3) is 4.62. The lowest BCUT2D eigenvalue weighted by Crippen LogP contribution is -2.34. The summed E-state index contributed by atoms with van der Waals surface area (Å²) < 4.78 is 0. The molecule has 1 saturated heterocycles. The second kappa shape index (κ2) is 7.46. The second-order valence-electron chi connectivity index (χ2n) is 4.80. The van der Waals surface area contributed by atoms with Crippen LogP contribution in [0.5, 0.6) is 0 Å². The van der Waals surface area contributed by atoms with Crippen molar-refractivity contribution in [2.75, 3.05) is 48.8 Å². The van der Waals surface area contributed by atoms with E-state index in [0.29, 0.717) is 30.9 Å². The van der Waals surface area contributed by atoms with E-state index in [1.165, 1.54) is 6.42 Å². The SMILES string of the molecule is CNc1nc(NCCNC(N)=O)nc(N2CCCCC2)n1. The zero-order chi connectivity index (χ0) is 15.1. The molecular weight excluding hydrogens is 272 g/mol. The smallest absolute Gasteiger partial charge is 0.312 e. The Morgan fingerprint density at radius 2 is 1.86 bits per heavy atom. The molecular formula is C12H22N8O. The first-order chi connectivity index (χ1) is 10.2. The summed E-state index contributed by atoms with van der Waals surface area (Å²) in [5.41, 5.74) is 5.00. The average Bonchev–Trinajstić information content (AvgIpc) is 2.52. The van der Waals surface area contributed by atoms with E-state index >= 15 is 0 Å². The minimum Gasteiger partial charge on any atom is -0.357 e. The van der Waals surface area contributed by atoms with Crippen LogP contribution in [0.1, 0.15) is 19.3 Å². The van der Waals surface area contributed by atoms with Crippen LogP contribution >= 0.6 is 0 Å². The van der Waals surface area contributed by atoms with Gasteiger partial charge in [0.25, 0.3) is 0 Å². The fraction of sp³-hybridized carbons (Fsp3) is 0.667. The zero-order valence-corrected chi connectivity index (χ0v) is 12.2. The molecule has 5 N–H and O–H groups in total. The lowest BCUT2D eigenvalue weighted by atomic mass is 10.1. The van der Waals surface area contributed by atoms with E-state index in [0.717, 1.165) is 25.9 Å². The van der Waals surface area contributed by atoms with Gasteiger partial charge in [-0.3, -0.25) is 0 Å². The van der Waals surface area contributed by atoms with Gasteiger partial charge in [0, 0.05) is 33.2 Å². The van der Waals surface area contributed by atoms with E-state index < -0.39 is 6.03 Å². The Kier molecular flexibility index (Phi) is 5.35. The van der Waals surface area contributed by atoms with Crippen molar-refractivity contribution < 1.29 is 4.79 Å². The number of hydrogen-bond donors (Lipinski definition) is 4. The van der Waals surface area contributed by atoms with Crippen LogP contribution in [0.15, 0.2) is 0 Å². The molecule has 0 bridgehead atoms. The van der Waals surface area contributed by atoms with Crippen molar-refractivity contribution in [2.45, 2.75) is 19.3 Å². The van der Waals surface area contributed by atoms with E-state index in [9.17, 15) is 4.79 Å². The van der Waals surface area contributed by atoms with Crippen molar-refractivity contribution in [3.05, 3.63) is 0 Å². The van der Waals surface area contributed by atoms with Crippen LogP contribution < -0.4 is 26.6 Å². The van der Waals surface area contributed by atoms with Crippen molar-refractivity contribution in [1.82, 2.24) is 20.3 Å². The number of piperidine rings is 1. The van der Waals surface area contributed by atoms with Gasteiger partial charge < -0.3 is 26.6 Å². The Labute approximate surface area is 123 Å². The maximum absolute atomic E-state index is 10.6. The number of nitrogens with one attached hydrogen (secondary N) is 3. The number of urea groups is 1. The van der Waals surface area contributed by atoms with Gasteiger partial charge >= 0.3 is 6.03 Å². The number of rotatable bonds is 6. The second-order valence-corrected chi connectivity index (χ2v) is 4.80. The van der Waals surface area contributed by atoms with Gasteiger partial charge in [0.05, 0.1) is 0 Å². The van der Waals surface area contributed by atoms with Gasteiger partial charge in [-0.25, -0.2) is 4.79 Å². The molecule has 0 unspecified atom stereocenters. The molecule has 1 fully saturated rings. The predicted molar refractivity (Wildman–Crippen MR) is 81.5 cm³/mol. The van der Waals surface area contributed by atoms with Gasteiger partial charge in [-0.1, -0.05) is 0 Å². The summed E-state index contributed by atoms with van der Waals surface area (Å²) in [6.07, 6.45) is 3.57. The summed E-state index contributed by atoms with van der Waals surface area (Å²) in [6.45, 7) is 2.84. The van der Waals surface area contributed by atoms with Crippen LogP contribution in [0.3, 0.4) is 0 Å². The lowest BCUT2D eigenvalue weighted by Gasteiger charge is -2.26. The van der Waals surface area contributed by atoms with Crippen LogP contribution in [-0.2, 0) is 0 Å². The standard InChI is InChI=1S/C12H22N8O/c1-14-10-17-11(16-6-5-15-9(13)21)19-12(18-10)20-7-3-2-4-8-20/h2-8H2,1H3,(H3,13,15,21)(H2,14,16,17,18,19). The molecule has 0 aromatic carbocycles. The van der Waals surface area contributed by atoms with Crippen LogP contribution in [-0.4, -0.2) is 54.2 Å². The number of nitrogens with zero attached hydrogens (tertiary/aromatic N) is 4. The van der Waals surface area contributed by atoms with E-state index in [1.807, 2.05) is 0 Å². The number of carbonyl (C=O) groups is 1. The third-order valence-corrected chi connectivity index (χ3v) is 3.19. The summed E-state index contributed by atoms with van der Waals surface area (Å²) in [7, 11) is 1.77. The molecule has 0 radical (unpaired) electrons. The number of anilines is 3. The Balaban J connectivity index is 2.00. The molecule has 9 heteroatoms. The maximum Gasteiger partial charge on any atom is 0.312 e. The Hall–Kier alpha value is -2.32. The highest BCUT2D eigenvalue weighted by atomic mass is 16.2. The minimum absolute atomic E-state index is 0.412. The maximum atomic E-state index is 10.6. The average molecular weight is 294 g/mol. The monoisotopic (exact) mass is 294 g/mol. The quantitative estimate of drug-likeness (QED) is 0.544.